The Morgan fingerprint density at radius 2 is 1.73 bits per heavy atom. The van der Waals surface area contributed by atoms with Gasteiger partial charge in [0, 0.05) is 18.5 Å². The quantitative estimate of drug-likeness (QED) is 0.648. The Kier molecular flexibility index (Phi) is 7.52. The molecule has 0 saturated carbocycles. The van der Waals surface area contributed by atoms with Gasteiger partial charge < -0.3 is 14.4 Å². The number of esters is 1. The second-order valence-electron chi connectivity index (χ2n) is 9.21. The van der Waals surface area contributed by atoms with Crippen LogP contribution in [0.5, 0.6) is 0 Å². The van der Waals surface area contributed by atoms with Gasteiger partial charge in [-0.25, -0.2) is 4.79 Å². The first kappa shape index (κ1) is 23.7. The van der Waals surface area contributed by atoms with Gasteiger partial charge in [0.25, 0.3) is 0 Å². The minimum absolute atomic E-state index is 0.226. The third-order valence-corrected chi connectivity index (χ3v) is 5.66. The van der Waals surface area contributed by atoms with Crippen molar-refractivity contribution in [2.45, 2.75) is 71.3 Å². The minimum atomic E-state index is -0.928. The van der Waals surface area contributed by atoms with Crippen LogP contribution in [0.25, 0.3) is 0 Å². The van der Waals surface area contributed by atoms with Gasteiger partial charge >= 0.3 is 12.1 Å². The molecule has 1 fully saturated rings. The summed E-state index contributed by atoms with van der Waals surface area (Å²) in [5.41, 5.74) is 0.869. The van der Waals surface area contributed by atoms with Crippen LogP contribution in [-0.2, 0) is 19.7 Å². The molecule has 1 aliphatic heterocycles. The number of ether oxygens (including phenoxy) is 2. The number of rotatable bonds is 5. The number of likely N-dealkylation sites (tertiary alicyclic amines) is 1. The fourth-order valence-electron chi connectivity index (χ4n) is 3.99. The Bertz CT molecular complexity index is 779. The average molecular weight is 415 g/mol. The van der Waals surface area contributed by atoms with Crippen molar-refractivity contribution in [1.82, 2.24) is 4.90 Å². The third kappa shape index (κ3) is 5.33. The van der Waals surface area contributed by atoms with Gasteiger partial charge in [-0.2, -0.15) is 5.26 Å². The highest BCUT2D eigenvalue weighted by Crippen LogP contribution is 2.43. The molecule has 1 aromatic rings. The number of nitriles is 1. The molecule has 1 aromatic carbocycles. The van der Waals surface area contributed by atoms with E-state index in [0.717, 1.165) is 5.56 Å². The summed E-state index contributed by atoms with van der Waals surface area (Å²) < 4.78 is 10.7. The molecule has 6 nitrogen and oxygen atoms in total. The van der Waals surface area contributed by atoms with Crippen molar-refractivity contribution in [3.8, 4) is 6.07 Å². The van der Waals surface area contributed by atoms with Crippen LogP contribution in [0.1, 0.15) is 71.4 Å². The number of hydrogen-bond acceptors (Lipinski definition) is 5. The van der Waals surface area contributed by atoms with Gasteiger partial charge in [0.05, 0.1) is 12.7 Å². The molecule has 1 atom stereocenters. The highest BCUT2D eigenvalue weighted by Gasteiger charge is 2.48. The third-order valence-electron chi connectivity index (χ3n) is 5.66. The molecular weight excluding hydrogens is 380 g/mol. The number of piperidine rings is 1. The zero-order valence-electron chi connectivity index (χ0n) is 19.0. The molecular formula is C24H34N2O4. The van der Waals surface area contributed by atoms with Gasteiger partial charge in [0.2, 0.25) is 0 Å². The largest absolute Gasteiger partial charge is 0.465 e. The Labute approximate surface area is 180 Å². The first-order chi connectivity index (χ1) is 14.0. The smallest absolute Gasteiger partial charge is 0.410 e. The van der Waals surface area contributed by atoms with Gasteiger partial charge in [-0.1, -0.05) is 38.1 Å². The van der Waals surface area contributed by atoms with Gasteiger partial charge in [-0.05, 0) is 57.6 Å². The zero-order chi connectivity index (χ0) is 22.5. The molecule has 0 bridgehead atoms. The van der Waals surface area contributed by atoms with E-state index >= 15 is 0 Å². The van der Waals surface area contributed by atoms with Crippen LogP contribution >= 0.6 is 0 Å². The van der Waals surface area contributed by atoms with Crippen LogP contribution in [0.3, 0.4) is 0 Å². The number of carbonyl (C=O) groups is 2. The molecule has 1 heterocycles. The van der Waals surface area contributed by atoms with Gasteiger partial charge in [-0.15, -0.1) is 0 Å². The SMILES string of the molecule is CCOC(=O)C(C#N)C1(c2ccc(C(C)C)cc2)CCN(C(=O)OC(C)(C)C)CC1. The van der Waals surface area contributed by atoms with Crippen LogP contribution < -0.4 is 0 Å². The average Bonchev–Trinajstić information content (AvgIpc) is 2.68. The lowest BCUT2D eigenvalue weighted by Gasteiger charge is -2.44. The molecule has 0 aliphatic carbocycles. The van der Waals surface area contributed by atoms with E-state index in [1.54, 1.807) is 11.8 Å². The highest BCUT2D eigenvalue weighted by atomic mass is 16.6. The van der Waals surface area contributed by atoms with E-state index in [1.165, 1.54) is 5.56 Å². The molecule has 164 valence electrons. The molecule has 0 spiro atoms. The van der Waals surface area contributed by atoms with E-state index in [1.807, 2.05) is 32.9 Å². The number of nitrogens with zero attached hydrogens (tertiary/aromatic N) is 2. The normalized spacial score (nSPS) is 17.2. The monoisotopic (exact) mass is 414 g/mol. The standard InChI is InChI=1S/C24H34N2O4/c1-7-29-21(27)20(16-25)24(19-10-8-18(9-11-19)17(2)3)12-14-26(15-13-24)22(28)30-23(4,5)6/h8-11,17,20H,7,12-15H2,1-6H3. The Balaban J connectivity index is 2.36. The fraction of sp³-hybridized carbons (Fsp3) is 0.625. The Morgan fingerprint density at radius 3 is 2.17 bits per heavy atom. The number of carbonyl (C=O) groups excluding carboxylic acids is 2. The summed E-state index contributed by atoms with van der Waals surface area (Å²) in [5, 5.41) is 9.92. The number of amides is 1. The molecule has 0 N–H and O–H groups in total. The van der Waals surface area contributed by atoms with Crippen molar-refractivity contribution in [3.05, 3.63) is 35.4 Å². The summed E-state index contributed by atoms with van der Waals surface area (Å²) in [6.45, 7) is 12.6. The molecule has 30 heavy (non-hydrogen) atoms. The van der Waals surface area contributed by atoms with E-state index in [0.29, 0.717) is 31.8 Å². The van der Waals surface area contributed by atoms with Crippen molar-refractivity contribution in [1.29, 1.82) is 5.26 Å². The molecule has 2 rings (SSSR count). The summed E-state index contributed by atoms with van der Waals surface area (Å²) in [6.07, 6.45) is 0.616. The van der Waals surface area contributed by atoms with Crippen LogP contribution in [0.15, 0.2) is 24.3 Å². The van der Waals surface area contributed by atoms with Crippen molar-refractivity contribution in [3.63, 3.8) is 0 Å². The summed E-state index contributed by atoms with van der Waals surface area (Å²) in [4.78, 5) is 26.8. The summed E-state index contributed by atoms with van der Waals surface area (Å²) in [6, 6.07) is 10.4. The summed E-state index contributed by atoms with van der Waals surface area (Å²) in [5.74, 6) is -1.04. The lowest BCUT2D eigenvalue weighted by Crippen LogP contribution is -2.51. The zero-order valence-corrected chi connectivity index (χ0v) is 19.0. The Hall–Kier alpha value is -2.55. The molecule has 1 saturated heterocycles. The number of hydrogen-bond donors (Lipinski definition) is 0. The maximum Gasteiger partial charge on any atom is 0.410 e. The topological polar surface area (TPSA) is 79.6 Å². The number of benzene rings is 1. The maximum absolute atomic E-state index is 12.7. The second kappa shape index (κ2) is 9.51. The van der Waals surface area contributed by atoms with Gasteiger partial charge in [0.15, 0.2) is 5.92 Å². The van der Waals surface area contributed by atoms with Crippen LogP contribution in [-0.4, -0.2) is 42.3 Å². The summed E-state index contributed by atoms with van der Waals surface area (Å²) in [7, 11) is 0. The van der Waals surface area contributed by atoms with Crippen molar-refractivity contribution < 1.29 is 19.1 Å². The Morgan fingerprint density at radius 1 is 1.17 bits per heavy atom. The molecule has 1 unspecified atom stereocenters. The van der Waals surface area contributed by atoms with Gasteiger partial charge in [-0.3, -0.25) is 4.79 Å². The van der Waals surface area contributed by atoms with Crippen molar-refractivity contribution >= 4 is 12.1 Å². The molecule has 6 heteroatoms. The van der Waals surface area contributed by atoms with E-state index in [9.17, 15) is 14.9 Å². The predicted molar refractivity (Wildman–Crippen MR) is 115 cm³/mol. The first-order valence-electron chi connectivity index (χ1n) is 10.7. The highest BCUT2D eigenvalue weighted by molar-refractivity contribution is 5.78. The molecule has 0 radical (unpaired) electrons. The maximum atomic E-state index is 12.7. The predicted octanol–water partition coefficient (Wildman–Crippen LogP) is 4.78. The van der Waals surface area contributed by atoms with Gasteiger partial charge in [0.1, 0.15) is 5.60 Å². The second-order valence-corrected chi connectivity index (χ2v) is 9.21. The lowest BCUT2D eigenvalue weighted by molar-refractivity contribution is -0.149. The van der Waals surface area contributed by atoms with Crippen molar-refractivity contribution in [2.75, 3.05) is 19.7 Å². The lowest BCUT2D eigenvalue weighted by atomic mass is 9.64. The minimum Gasteiger partial charge on any atom is -0.465 e. The molecule has 0 aromatic heterocycles. The van der Waals surface area contributed by atoms with Crippen LogP contribution in [0.4, 0.5) is 4.79 Å². The van der Waals surface area contributed by atoms with Crippen LogP contribution in [0, 0.1) is 17.2 Å². The van der Waals surface area contributed by atoms with E-state index in [-0.39, 0.29) is 12.7 Å². The van der Waals surface area contributed by atoms with E-state index in [4.69, 9.17) is 9.47 Å². The van der Waals surface area contributed by atoms with E-state index < -0.39 is 22.9 Å². The van der Waals surface area contributed by atoms with Crippen molar-refractivity contribution in [2.24, 2.45) is 5.92 Å². The molecule has 1 amide bonds. The first-order valence-corrected chi connectivity index (χ1v) is 10.7. The fourth-order valence-corrected chi connectivity index (χ4v) is 3.99. The molecule has 1 aliphatic rings. The summed E-state index contributed by atoms with van der Waals surface area (Å²) >= 11 is 0. The van der Waals surface area contributed by atoms with E-state index in [2.05, 4.69) is 32.0 Å². The van der Waals surface area contributed by atoms with Crippen LogP contribution in [0.2, 0.25) is 0 Å².